The number of methoxy groups -OCH3 is 1. The largest absolute Gasteiger partial charge is 0.508 e. The second-order valence-electron chi connectivity index (χ2n) is 5.65. The summed E-state index contributed by atoms with van der Waals surface area (Å²) in [6.45, 7) is 2.59. The highest BCUT2D eigenvalue weighted by Gasteiger charge is 2.20. The molecule has 21 heavy (non-hydrogen) atoms. The Morgan fingerprint density at radius 2 is 2.10 bits per heavy atom. The van der Waals surface area contributed by atoms with Crippen LogP contribution in [0.25, 0.3) is 0 Å². The number of carbonyl (C=O) groups is 1. The molecule has 1 aliphatic heterocycles. The van der Waals surface area contributed by atoms with Gasteiger partial charge in [0.1, 0.15) is 11.5 Å². The summed E-state index contributed by atoms with van der Waals surface area (Å²) in [7, 11) is 1.62. The van der Waals surface area contributed by atoms with Gasteiger partial charge in [-0.2, -0.15) is 0 Å². The third-order valence-electron chi connectivity index (χ3n) is 4.15. The van der Waals surface area contributed by atoms with E-state index in [1.54, 1.807) is 19.2 Å². The lowest BCUT2D eigenvalue weighted by atomic mass is 9.92. The molecule has 0 bridgehead atoms. The highest BCUT2D eigenvalue weighted by atomic mass is 16.5. The molecule has 0 atom stereocenters. The summed E-state index contributed by atoms with van der Waals surface area (Å²) in [5.41, 5.74) is 0.873. The van der Waals surface area contributed by atoms with Gasteiger partial charge in [0.2, 0.25) is 0 Å². The minimum atomic E-state index is -0.710. The number of piperidine rings is 1. The Morgan fingerprint density at radius 1 is 1.38 bits per heavy atom. The number of carboxylic acid groups (broad SMARTS) is 1. The predicted molar refractivity (Wildman–Crippen MR) is 79.5 cm³/mol. The van der Waals surface area contributed by atoms with Crippen LogP contribution in [0.1, 0.15) is 31.2 Å². The van der Waals surface area contributed by atoms with Gasteiger partial charge in [-0.05, 0) is 56.5 Å². The summed E-state index contributed by atoms with van der Waals surface area (Å²) in [4.78, 5) is 12.9. The molecule has 1 aromatic rings. The van der Waals surface area contributed by atoms with Crippen LogP contribution in [-0.4, -0.2) is 41.3 Å². The van der Waals surface area contributed by atoms with Gasteiger partial charge in [-0.1, -0.05) is 0 Å². The summed E-state index contributed by atoms with van der Waals surface area (Å²) < 4.78 is 5.19. The van der Waals surface area contributed by atoms with Gasteiger partial charge in [-0.3, -0.25) is 9.69 Å². The number of rotatable bonds is 6. The van der Waals surface area contributed by atoms with Crippen LogP contribution in [0.5, 0.6) is 11.5 Å². The molecule has 116 valence electrons. The molecule has 1 fully saturated rings. The van der Waals surface area contributed by atoms with Crippen molar-refractivity contribution in [3.63, 3.8) is 0 Å². The zero-order valence-electron chi connectivity index (χ0n) is 12.4. The van der Waals surface area contributed by atoms with Crippen LogP contribution in [0.4, 0.5) is 0 Å². The third-order valence-corrected chi connectivity index (χ3v) is 4.15. The lowest BCUT2D eigenvalue weighted by molar-refractivity contribution is -0.137. The van der Waals surface area contributed by atoms with Gasteiger partial charge in [0.05, 0.1) is 7.11 Å². The first-order valence-corrected chi connectivity index (χ1v) is 7.38. The molecule has 0 spiro atoms. The van der Waals surface area contributed by atoms with Crippen LogP contribution in [0.3, 0.4) is 0 Å². The second kappa shape index (κ2) is 7.31. The van der Waals surface area contributed by atoms with E-state index in [0.29, 0.717) is 18.2 Å². The number of hydrogen-bond donors (Lipinski definition) is 2. The topological polar surface area (TPSA) is 70.0 Å². The third kappa shape index (κ3) is 4.63. The van der Waals surface area contributed by atoms with E-state index < -0.39 is 5.97 Å². The number of carboxylic acids is 1. The maximum atomic E-state index is 10.6. The number of phenols is 1. The van der Waals surface area contributed by atoms with E-state index in [4.69, 9.17) is 9.84 Å². The zero-order valence-corrected chi connectivity index (χ0v) is 12.4. The highest BCUT2D eigenvalue weighted by molar-refractivity contribution is 5.66. The molecule has 0 unspecified atom stereocenters. The number of likely N-dealkylation sites (tertiary alicyclic amines) is 1. The Kier molecular flexibility index (Phi) is 5.44. The fraction of sp³-hybridized carbons (Fsp3) is 0.562. The molecule has 5 heteroatoms. The SMILES string of the molecule is COc1ccc(O)c(CN2CCC(CCC(=O)O)CC2)c1. The molecule has 2 rings (SSSR count). The summed E-state index contributed by atoms with van der Waals surface area (Å²) in [5.74, 6) is 0.845. The number of benzene rings is 1. The fourth-order valence-electron chi connectivity index (χ4n) is 2.82. The van der Waals surface area contributed by atoms with Crippen molar-refractivity contribution >= 4 is 5.97 Å². The Balaban J connectivity index is 1.84. The number of aliphatic carboxylic acids is 1. The Hall–Kier alpha value is -1.75. The van der Waals surface area contributed by atoms with Gasteiger partial charge in [0.25, 0.3) is 0 Å². The predicted octanol–water partition coefficient (Wildman–Crippen LogP) is 2.48. The molecule has 5 nitrogen and oxygen atoms in total. The molecule has 0 radical (unpaired) electrons. The number of ether oxygens (including phenoxy) is 1. The van der Waals surface area contributed by atoms with Gasteiger partial charge in [-0.25, -0.2) is 0 Å². The zero-order chi connectivity index (χ0) is 15.2. The van der Waals surface area contributed by atoms with Gasteiger partial charge >= 0.3 is 5.97 Å². The van der Waals surface area contributed by atoms with E-state index in [0.717, 1.165) is 43.7 Å². The molecular formula is C16H23NO4. The number of aromatic hydroxyl groups is 1. The first-order chi connectivity index (χ1) is 10.1. The molecule has 0 saturated carbocycles. The Labute approximate surface area is 125 Å². The van der Waals surface area contributed by atoms with Crippen molar-refractivity contribution in [1.29, 1.82) is 0 Å². The number of nitrogens with zero attached hydrogens (tertiary/aromatic N) is 1. The van der Waals surface area contributed by atoms with Crippen LogP contribution < -0.4 is 4.74 Å². The van der Waals surface area contributed by atoms with Crippen LogP contribution in [-0.2, 0) is 11.3 Å². The van der Waals surface area contributed by atoms with Crippen molar-refractivity contribution in [2.24, 2.45) is 5.92 Å². The van der Waals surface area contributed by atoms with Gasteiger partial charge in [0, 0.05) is 18.5 Å². The highest BCUT2D eigenvalue weighted by Crippen LogP contribution is 2.27. The van der Waals surface area contributed by atoms with Crippen LogP contribution in [0.15, 0.2) is 18.2 Å². The van der Waals surface area contributed by atoms with Crippen molar-refractivity contribution < 1.29 is 19.7 Å². The first kappa shape index (κ1) is 15.6. The average Bonchev–Trinajstić information content (AvgIpc) is 2.48. The maximum Gasteiger partial charge on any atom is 0.303 e. The normalized spacial score (nSPS) is 16.8. The van der Waals surface area contributed by atoms with Gasteiger partial charge < -0.3 is 14.9 Å². The molecule has 1 saturated heterocycles. The molecule has 1 heterocycles. The molecule has 1 aliphatic rings. The van der Waals surface area contributed by atoms with Crippen LogP contribution in [0, 0.1) is 5.92 Å². The number of phenolic OH excluding ortho intramolecular Hbond substituents is 1. The fourth-order valence-corrected chi connectivity index (χ4v) is 2.82. The minimum Gasteiger partial charge on any atom is -0.508 e. The standard InChI is InChI=1S/C16H23NO4/c1-21-14-3-4-15(18)13(10-14)11-17-8-6-12(7-9-17)2-5-16(19)20/h3-4,10,12,18H,2,5-9,11H2,1H3,(H,19,20). The molecule has 2 N–H and O–H groups in total. The van der Waals surface area contributed by atoms with E-state index in [-0.39, 0.29) is 6.42 Å². The summed E-state index contributed by atoms with van der Waals surface area (Å²) in [6, 6.07) is 5.27. The van der Waals surface area contributed by atoms with Gasteiger partial charge in [-0.15, -0.1) is 0 Å². The second-order valence-corrected chi connectivity index (χ2v) is 5.65. The summed E-state index contributed by atoms with van der Waals surface area (Å²) in [6.07, 6.45) is 3.09. The van der Waals surface area contributed by atoms with Crippen LogP contribution >= 0.6 is 0 Å². The van der Waals surface area contributed by atoms with E-state index in [1.807, 2.05) is 6.07 Å². The Morgan fingerprint density at radius 3 is 2.71 bits per heavy atom. The molecular weight excluding hydrogens is 270 g/mol. The Bertz CT molecular complexity index is 481. The molecule has 0 aliphatic carbocycles. The van der Waals surface area contributed by atoms with E-state index in [1.165, 1.54) is 0 Å². The molecule has 0 amide bonds. The smallest absolute Gasteiger partial charge is 0.303 e. The van der Waals surface area contributed by atoms with Crippen molar-refractivity contribution in [3.8, 4) is 11.5 Å². The lowest BCUT2D eigenvalue weighted by Gasteiger charge is -2.32. The van der Waals surface area contributed by atoms with Crippen LogP contribution in [0.2, 0.25) is 0 Å². The van der Waals surface area contributed by atoms with E-state index in [9.17, 15) is 9.90 Å². The van der Waals surface area contributed by atoms with Gasteiger partial charge in [0.15, 0.2) is 0 Å². The number of hydrogen-bond acceptors (Lipinski definition) is 4. The monoisotopic (exact) mass is 293 g/mol. The molecule has 1 aromatic carbocycles. The van der Waals surface area contributed by atoms with Crippen molar-refractivity contribution in [2.75, 3.05) is 20.2 Å². The summed E-state index contributed by atoms with van der Waals surface area (Å²) in [5, 5.41) is 18.6. The molecule has 0 aromatic heterocycles. The summed E-state index contributed by atoms with van der Waals surface area (Å²) >= 11 is 0. The average molecular weight is 293 g/mol. The first-order valence-electron chi connectivity index (χ1n) is 7.38. The van der Waals surface area contributed by atoms with Crippen molar-refractivity contribution in [3.05, 3.63) is 23.8 Å². The minimum absolute atomic E-state index is 0.265. The van der Waals surface area contributed by atoms with E-state index >= 15 is 0 Å². The quantitative estimate of drug-likeness (QED) is 0.843. The maximum absolute atomic E-state index is 10.6. The lowest BCUT2D eigenvalue weighted by Crippen LogP contribution is -2.33. The van der Waals surface area contributed by atoms with E-state index in [2.05, 4.69) is 4.90 Å². The van der Waals surface area contributed by atoms with Crippen molar-refractivity contribution in [2.45, 2.75) is 32.2 Å². The van der Waals surface area contributed by atoms with Crippen molar-refractivity contribution in [1.82, 2.24) is 4.90 Å².